The normalized spacial score (nSPS) is 25.1. The van der Waals surface area contributed by atoms with Crippen molar-refractivity contribution >= 4 is 26.0 Å². The first-order chi connectivity index (χ1) is 7.99. The minimum Gasteiger partial charge on any atom is -0.207 e. The first-order valence-electron chi connectivity index (χ1n) is 5.72. The summed E-state index contributed by atoms with van der Waals surface area (Å²) in [4.78, 5) is 0.595. The van der Waals surface area contributed by atoms with Gasteiger partial charge < -0.3 is 0 Å². The average Bonchev–Trinajstić information content (AvgIpc) is 2.64. The number of sulfonamides is 1. The summed E-state index contributed by atoms with van der Waals surface area (Å²) in [5.74, 6) is 0. The van der Waals surface area contributed by atoms with Crippen molar-refractivity contribution in [1.29, 1.82) is 0 Å². The zero-order chi connectivity index (χ0) is 12.5. The molecule has 0 radical (unpaired) electrons. The van der Waals surface area contributed by atoms with Crippen LogP contribution in [0.1, 0.15) is 24.8 Å². The zero-order valence-corrected chi connectivity index (χ0v) is 12.1. The molecule has 3 nitrogen and oxygen atoms in total. The first kappa shape index (κ1) is 13.1. The van der Waals surface area contributed by atoms with Gasteiger partial charge in [-0.3, -0.25) is 0 Å². The maximum atomic E-state index is 12.1. The number of aryl methyl sites for hydroxylation is 1. The molecule has 1 aromatic rings. The van der Waals surface area contributed by atoms with Crippen LogP contribution in [-0.2, 0) is 10.0 Å². The number of halogens is 1. The van der Waals surface area contributed by atoms with Gasteiger partial charge in [0, 0.05) is 10.9 Å². The van der Waals surface area contributed by atoms with E-state index in [2.05, 4.69) is 20.7 Å². The minimum absolute atomic E-state index is 0.0151. The van der Waals surface area contributed by atoms with Crippen LogP contribution >= 0.6 is 15.9 Å². The maximum Gasteiger partial charge on any atom is 0.240 e. The Morgan fingerprint density at radius 3 is 2.41 bits per heavy atom. The molecule has 0 aliphatic heterocycles. The Labute approximate surface area is 111 Å². The SMILES string of the molecule is Cc1ccc(S(=O)(=O)N[C@@H]2CCC[C@@H]2Br)cc1. The van der Waals surface area contributed by atoms with Crippen molar-refractivity contribution in [3.8, 4) is 0 Å². The molecule has 0 aromatic heterocycles. The zero-order valence-electron chi connectivity index (χ0n) is 9.69. The van der Waals surface area contributed by atoms with Crippen LogP contribution < -0.4 is 4.72 Å². The Balaban J connectivity index is 2.16. The summed E-state index contributed by atoms with van der Waals surface area (Å²) in [6, 6.07) is 6.94. The van der Waals surface area contributed by atoms with Gasteiger partial charge in [0.25, 0.3) is 0 Å². The summed E-state index contributed by atoms with van der Waals surface area (Å²) in [7, 11) is -3.37. The molecule has 0 heterocycles. The predicted molar refractivity (Wildman–Crippen MR) is 71.9 cm³/mol. The lowest BCUT2D eigenvalue weighted by molar-refractivity contribution is 0.556. The third kappa shape index (κ3) is 3.09. The smallest absolute Gasteiger partial charge is 0.207 e. The van der Waals surface area contributed by atoms with Gasteiger partial charge in [-0.25, -0.2) is 13.1 Å². The van der Waals surface area contributed by atoms with E-state index in [4.69, 9.17) is 0 Å². The van der Waals surface area contributed by atoms with Gasteiger partial charge in [-0.15, -0.1) is 0 Å². The summed E-state index contributed by atoms with van der Waals surface area (Å²) < 4.78 is 27.0. The van der Waals surface area contributed by atoms with E-state index in [0.717, 1.165) is 24.8 Å². The first-order valence-corrected chi connectivity index (χ1v) is 8.12. The predicted octanol–water partition coefficient (Wildman–Crippen LogP) is 2.59. The van der Waals surface area contributed by atoms with Gasteiger partial charge >= 0.3 is 0 Å². The number of benzene rings is 1. The third-order valence-electron chi connectivity index (χ3n) is 3.07. The van der Waals surface area contributed by atoms with Gasteiger partial charge in [0.15, 0.2) is 0 Å². The molecule has 0 bridgehead atoms. The number of alkyl halides is 1. The fourth-order valence-corrected chi connectivity index (χ4v) is 4.24. The van der Waals surface area contributed by atoms with Crippen molar-refractivity contribution in [3.63, 3.8) is 0 Å². The highest BCUT2D eigenvalue weighted by Crippen LogP contribution is 2.27. The molecule has 0 saturated heterocycles. The van der Waals surface area contributed by atoms with Crippen molar-refractivity contribution in [2.75, 3.05) is 0 Å². The minimum atomic E-state index is -3.37. The number of hydrogen-bond donors (Lipinski definition) is 1. The van der Waals surface area contributed by atoms with E-state index >= 15 is 0 Å². The van der Waals surface area contributed by atoms with E-state index in [-0.39, 0.29) is 10.9 Å². The van der Waals surface area contributed by atoms with E-state index in [1.807, 2.05) is 19.1 Å². The quantitative estimate of drug-likeness (QED) is 0.871. The van der Waals surface area contributed by atoms with E-state index in [0.29, 0.717) is 4.90 Å². The van der Waals surface area contributed by atoms with Gasteiger partial charge in [0.05, 0.1) is 4.90 Å². The fraction of sp³-hybridized carbons (Fsp3) is 0.500. The second kappa shape index (κ2) is 5.08. The molecular weight excluding hydrogens is 302 g/mol. The van der Waals surface area contributed by atoms with Gasteiger partial charge in [-0.2, -0.15) is 0 Å². The van der Waals surface area contributed by atoms with Crippen LogP contribution in [0, 0.1) is 6.92 Å². The lowest BCUT2D eigenvalue weighted by Crippen LogP contribution is -2.37. The number of rotatable bonds is 3. The van der Waals surface area contributed by atoms with Crippen LogP contribution in [-0.4, -0.2) is 19.3 Å². The largest absolute Gasteiger partial charge is 0.240 e. The highest BCUT2D eigenvalue weighted by Gasteiger charge is 2.29. The average molecular weight is 318 g/mol. The number of nitrogens with one attached hydrogen (secondary N) is 1. The Hall–Kier alpha value is -0.390. The van der Waals surface area contributed by atoms with Crippen molar-refractivity contribution in [2.45, 2.75) is 42.0 Å². The van der Waals surface area contributed by atoms with Crippen LogP contribution in [0.3, 0.4) is 0 Å². The van der Waals surface area contributed by atoms with Gasteiger partial charge in [0.2, 0.25) is 10.0 Å². The Bertz CT molecular complexity index is 484. The van der Waals surface area contributed by atoms with E-state index in [1.165, 1.54) is 0 Å². The summed E-state index contributed by atoms with van der Waals surface area (Å²) in [5, 5.41) is 0. The highest BCUT2D eigenvalue weighted by molar-refractivity contribution is 9.09. The molecule has 0 amide bonds. The van der Waals surface area contributed by atoms with Gasteiger partial charge in [-0.1, -0.05) is 40.0 Å². The summed E-state index contributed by atoms with van der Waals surface area (Å²) in [6.45, 7) is 1.94. The monoisotopic (exact) mass is 317 g/mol. The van der Waals surface area contributed by atoms with Crippen molar-refractivity contribution in [1.82, 2.24) is 4.72 Å². The third-order valence-corrected chi connectivity index (χ3v) is 5.67. The van der Waals surface area contributed by atoms with E-state index in [9.17, 15) is 8.42 Å². The molecule has 1 aliphatic carbocycles. The summed E-state index contributed by atoms with van der Waals surface area (Å²) in [6.07, 6.45) is 3.00. The number of hydrogen-bond acceptors (Lipinski definition) is 2. The van der Waals surface area contributed by atoms with Crippen LogP contribution in [0.4, 0.5) is 0 Å². The fourth-order valence-electron chi connectivity index (χ4n) is 2.03. The molecule has 1 aliphatic rings. The van der Waals surface area contributed by atoms with Gasteiger partial charge in [-0.05, 0) is 31.9 Å². The molecular formula is C12H16BrNO2S. The molecule has 2 atom stereocenters. The summed E-state index contributed by atoms with van der Waals surface area (Å²) in [5.41, 5.74) is 1.06. The maximum absolute atomic E-state index is 12.1. The molecule has 1 fully saturated rings. The second-order valence-electron chi connectivity index (χ2n) is 4.49. The van der Waals surface area contributed by atoms with Crippen molar-refractivity contribution in [3.05, 3.63) is 29.8 Å². The van der Waals surface area contributed by atoms with E-state index < -0.39 is 10.0 Å². The van der Waals surface area contributed by atoms with Crippen LogP contribution in [0.5, 0.6) is 0 Å². The standard InChI is InChI=1S/C12H16BrNO2S/c1-9-5-7-10(8-6-9)17(15,16)14-12-4-2-3-11(12)13/h5-8,11-12,14H,2-4H2,1H3/t11-,12+/m0/s1. The van der Waals surface area contributed by atoms with Crippen LogP contribution in [0.2, 0.25) is 0 Å². The molecule has 17 heavy (non-hydrogen) atoms. The molecule has 1 saturated carbocycles. The Morgan fingerprint density at radius 1 is 1.24 bits per heavy atom. The molecule has 1 aromatic carbocycles. The summed E-state index contributed by atoms with van der Waals surface area (Å²) >= 11 is 3.51. The molecule has 1 N–H and O–H groups in total. The topological polar surface area (TPSA) is 46.2 Å². The van der Waals surface area contributed by atoms with Gasteiger partial charge in [0.1, 0.15) is 0 Å². The Morgan fingerprint density at radius 2 is 1.88 bits per heavy atom. The van der Waals surface area contributed by atoms with Crippen molar-refractivity contribution < 1.29 is 8.42 Å². The van der Waals surface area contributed by atoms with Crippen LogP contribution in [0.25, 0.3) is 0 Å². The highest BCUT2D eigenvalue weighted by atomic mass is 79.9. The molecule has 0 spiro atoms. The molecule has 0 unspecified atom stereocenters. The Kier molecular flexibility index (Phi) is 3.90. The van der Waals surface area contributed by atoms with Crippen LogP contribution in [0.15, 0.2) is 29.2 Å². The molecule has 2 rings (SSSR count). The second-order valence-corrected chi connectivity index (χ2v) is 7.38. The lowest BCUT2D eigenvalue weighted by atomic mass is 10.2. The van der Waals surface area contributed by atoms with Crippen molar-refractivity contribution in [2.24, 2.45) is 0 Å². The van der Waals surface area contributed by atoms with E-state index in [1.54, 1.807) is 12.1 Å². The molecule has 94 valence electrons. The molecule has 5 heteroatoms. The lowest BCUT2D eigenvalue weighted by Gasteiger charge is -2.16.